The summed E-state index contributed by atoms with van der Waals surface area (Å²) in [5, 5.41) is 2.93. The minimum atomic E-state index is -0.497. The molecule has 33 heavy (non-hydrogen) atoms. The SMILES string of the molecule is C[C@H]1C[C@@H](N2CCc3c([C@H]4CCC(=C=O)NC4=C=O)cccc32)CCN1C(=O)OC(C)(C)C. The van der Waals surface area contributed by atoms with Crippen LogP contribution in [0.2, 0.25) is 0 Å². The topological polar surface area (TPSA) is 79.0 Å². The van der Waals surface area contributed by atoms with Crippen molar-refractivity contribution in [3.63, 3.8) is 0 Å². The zero-order chi connectivity index (χ0) is 23.8. The number of hydrogen-bond acceptors (Lipinski definition) is 6. The van der Waals surface area contributed by atoms with Crippen molar-refractivity contribution in [2.75, 3.05) is 18.0 Å². The van der Waals surface area contributed by atoms with Crippen LogP contribution in [0, 0.1) is 0 Å². The monoisotopic (exact) mass is 451 g/mol. The van der Waals surface area contributed by atoms with E-state index < -0.39 is 5.60 Å². The lowest BCUT2D eigenvalue weighted by Gasteiger charge is -2.42. The number of piperidine rings is 2. The highest BCUT2D eigenvalue weighted by Gasteiger charge is 2.37. The third-order valence-electron chi connectivity index (χ3n) is 6.94. The van der Waals surface area contributed by atoms with Crippen LogP contribution in [0.1, 0.15) is 70.4 Å². The van der Waals surface area contributed by atoms with Crippen molar-refractivity contribution in [3.8, 4) is 0 Å². The Bertz CT molecular complexity index is 1030. The lowest BCUT2D eigenvalue weighted by atomic mass is 9.84. The molecule has 3 aliphatic rings. The highest BCUT2D eigenvalue weighted by molar-refractivity contribution is 5.69. The van der Waals surface area contributed by atoms with Crippen LogP contribution in [0.4, 0.5) is 10.5 Å². The van der Waals surface area contributed by atoms with Crippen LogP contribution in [0.5, 0.6) is 0 Å². The molecule has 0 radical (unpaired) electrons. The Morgan fingerprint density at radius 2 is 1.91 bits per heavy atom. The Kier molecular flexibility index (Phi) is 6.38. The fraction of sp³-hybridized carbons (Fsp3) is 0.577. The number of carbonyl (C=O) groups is 1. The Hall–Kier alpha value is -3.01. The van der Waals surface area contributed by atoms with Gasteiger partial charge in [-0.05, 0) is 77.0 Å². The first-order chi connectivity index (χ1) is 15.7. The highest BCUT2D eigenvalue weighted by atomic mass is 16.6. The van der Waals surface area contributed by atoms with Crippen molar-refractivity contribution in [2.45, 2.75) is 83.4 Å². The van der Waals surface area contributed by atoms with Gasteiger partial charge in [0.05, 0.1) is 0 Å². The second-order valence-corrected chi connectivity index (χ2v) is 10.3. The van der Waals surface area contributed by atoms with Crippen LogP contribution in [0.25, 0.3) is 0 Å². The quantitative estimate of drug-likeness (QED) is 0.691. The maximum absolute atomic E-state index is 12.6. The van der Waals surface area contributed by atoms with Gasteiger partial charge >= 0.3 is 6.09 Å². The summed E-state index contributed by atoms with van der Waals surface area (Å²) < 4.78 is 5.59. The first kappa shape index (κ1) is 23.2. The van der Waals surface area contributed by atoms with Crippen LogP contribution in [-0.4, -0.2) is 53.7 Å². The summed E-state index contributed by atoms with van der Waals surface area (Å²) in [7, 11) is 0. The predicted molar refractivity (Wildman–Crippen MR) is 126 cm³/mol. The molecule has 2 saturated heterocycles. The van der Waals surface area contributed by atoms with Gasteiger partial charge in [0.25, 0.3) is 0 Å². The summed E-state index contributed by atoms with van der Waals surface area (Å²) in [4.78, 5) is 39.5. The van der Waals surface area contributed by atoms with E-state index in [1.54, 1.807) is 0 Å². The number of rotatable bonds is 2. The molecule has 0 spiro atoms. The van der Waals surface area contributed by atoms with Gasteiger partial charge in [0, 0.05) is 36.8 Å². The van der Waals surface area contributed by atoms with Gasteiger partial charge in [0.2, 0.25) is 0 Å². The van der Waals surface area contributed by atoms with Crippen molar-refractivity contribution in [1.29, 1.82) is 0 Å². The van der Waals surface area contributed by atoms with E-state index in [2.05, 4.69) is 35.3 Å². The number of nitrogens with zero attached hydrogens (tertiary/aromatic N) is 2. The summed E-state index contributed by atoms with van der Waals surface area (Å²) >= 11 is 0. The molecule has 3 heterocycles. The van der Waals surface area contributed by atoms with Crippen LogP contribution >= 0.6 is 0 Å². The minimum Gasteiger partial charge on any atom is -0.444 e. The highest BCUT2D eigenvalue weighted by Crippen LogP contribution is 2.41. The van der Waals surface area contributed by atoms with Gasteiger partial charge in [0.1, 0.15) is 28.9 Å². The standard InChI is InChI=1S/C26H33N3O4/c1-17-14-19(10-12-28(17)25(32)33-26(2,3)4)29-13-11-22-20(6-5-7-24(22)29)21-9-8-18(15-30)27-23(21)16-31/h5-7,17,19,21,27H,8-14H2,1-4H3/t17-,19-,21+/m0/s1. The van der Waals surface area contributed by atoms with Gasteiger partial charge < -0.3 is 19.9 Å². The van der Waals surface area contributed by atoms with Gasteiger partial charge in [-0.1, -0.05) is 12.1 Å². The first-order valence-electron chi connectivity index (χ1n) is 11.9. The van der Waals surface area contributed by atoms with Crippen molar-refractivity contribution < 1.29 is 19.1 Å². The molecule has 4 rings (SSSR count). The lowest BCUT2D eigenvalue weighted by Crippen LogP contribution is -2.52. The largest absolute Gasteiger partial charge is 0.444 e. The molecule has 176 valence electrons. The molecule has 0 bridgehead atoms. The fourth-order valence-electron chi connectivity index (χ4n) is 5.44. The van der Waals surface area contributed by atoms with Crippen LogP contribution in [0.15, 0.2) is 29.6 Å². The van der Waals surface area contributed by atoms with E-state index in [1.165, 1.54) is 11.3 Å². The average molecular weight is 452 g/mol. The molecule has 0 aliphatic carbocycles. The number of anilines is 1. The summed E-state index contributed by atoms with van der Waals surface area (Å²) in [6.45, 7) is 9.38. The zero-order valence-corrected chi connectivity index (χ0v) is 19.9. The molecule has 0 saturated carbocycles. The number of benzene rings is 1. The molecule has 1 aromatic rings. The third-order valence-corrected chi connectivity index (χ3v) is 6.94. The van der Waals surface area contributed by atoms with Crippen molar-refractivity contribution >= 4 is 23.7 Å². The summed E-state index contributed by atoms with van der Waals surface area (Å²) in [5.41, 5.74) is 3.98. The molecule has 3 atom stereocenters. The molecule has 1 aromatic carbocycles. The Balaban J connectivity index is 1.51. The van der Waals surface area contributed by atoms with Gasteiger partial charge in [0.15, 0.2) is 0 Å². The van der Waals surface area contributed by atoms with Gasteiger partial charge in [-0.25, -0.2) is 14.4 Å². The molecule has 1 amide bonds. The molecular weight excluding hydrogens is 418 g/mol. The second kappa shape index (κ2) is 9.09. The van der Waals surface area contributed by atoms with E-state index >= 15 is 0 Å². The maximum atomic E-state index is 12.6. The van der Waals surface area contributed by atoms with E-state index in [4.69, 9.17) is 4.74 Å². The molecule has 7 nitrogen and oxygen atoms in total. The van der Waals surface area contributed by atoms with Crippen LogP contribution < -0.4 is 10.2 Å². The Labute approximate surface area is 195 Å². The Morgan fingerprint density at radius 3 is 2.58 bits per heavy atom. The second-order valence-electron chi connectivity index (χ2n) is 10.3. The molecule has 0 aromatic heterocycles. The Morgan fingerprint density at radius 1 is 1.12 bits per heavy atom. The number of allylic oxidation sites excluding steroid dienone is 2. The molecular formula is C26H33N3O4. The molecule has 1 N–H and O–H groups in total. The van der Waals surface area contributed by atoms with E-state index in [1.807, 2.05) is 37.6 Å². The number of nitrogens with one attached hydrogen (secondary N) is 1. The number of hydrogen-bond donors (Lipinski definition) is 1. The normalized spacial score (nSPS) is 25.2. The fourth-order valence-corrected chi connectivity index (χ4v) is 5.44. The first-order valence-corrected chi connectivity index (χ1v) is 11.9. The summed E-state index contributed by atoms with van der Waals surface area (Å²) in [6.07, 6.45) is 3.74. The van der Waals surface area contributed by atoms with Crippen LogP contribution in [-0.2, 0) is 20.7 Å². The van der Waals surface area contributed by atoms with E-state index in [-0.39, 0.29) is 18.1 Å². The number of likely N-dealkylation sites (tertiary alicyclic amines) is 1. The lowest BCUT2D eigenvalue weighted by molar-refractivity contribution is 0.0104. The van der Waals surface area contributed by atoms with Gasteiger partial charge in [-0.3, -0.25) is 0 Å². The van der Waals surface area contributed by atoms with Crippen molar-refractivity contribution in [1.82, 2.24) is 10.2 Å². The maximum Gasteiger partial charge on any atom is 0.410 e. The summed E-state index contributed by atoms with van der Waals surface area (Å²) in [6, 6.07) is 6.76. The van der Waals surface area contributed by atoms with Crippen molar-refractivity contribution in [3.05, 3.63) is 40.7 Å². The van der Waals surface area contributed by atoms with Crippen molar-refractivity contribution in [2.24, 2.45) is 0 Å². The number of fused-ring (bicyclic) bond motifs is 1. The summed E-state index contributed by atoms with van der Waals surface area (Å²) in [5.74, 6) is 3.81. The molecule has 3 aliphatic heterocycles. The average Bonchev–Trinajstić information content (AvgIpc) is 3.21. The van der Waals surface area contributed by atoms with E-state index in [9.17, 15) is 14.4 Å². The molecule has 2 fully saturated rings. The van der Waals surface area contributed by atoms with E-state index in [0.717, 1.165) is 31.4 Å². The smallest absolute Gasteiger partial charge is 0.410 e. The van der Waals surface area contributed by atoms with Crippen LogP contribution in [0.3, 0.4) is 0 Å². The minimum absolute atomic E-state index is 0.0811. The van der Waals surface area contributed by atoms with E-state index in [0.29, 0.717) is 36.8 Å². The number of ether oxygens (including phenoxy) is 1. The zero-order valence-electron chi connectivity index (χ0n) is 19.9. The predicted octanol–water partition coefficient (Wildman–Crippen LogP) is 3.74. The number of amides is 1. The molecule has 0 unspecified atom stereocenters. The third kappa shape index (κ3) is 4.71. The molecule has 7 heteroatoms. The number of carbonyl (C=O) groups excluding carboxylic acids is 3. The van der Waals surface area contributed by atoms with Gasteiger partial charge in [-0.15, -0.1) is 0 Å². The van der Waals surface area contributed by atoms with Gasteiger partial charge in [-0.2, -0.15) is 0 Å².